The van der Waals surface area contributed by atoms with Crippen molar-refractivity contribution in [3.63, 3.8) is 0 Å². The van der Waals surface area contributed by atoms with Crippen molar-refractivity contribution in [1.29, 1.82) is 0 Å². The van der Waals surface area contributed by atoms with Crippen LogP contribution in [0.4, 0.5) is 0 Å². The zero-order valence-corrected chi connectivity index (χ0v) is 14.3. The topological polar surface area (TPSA) is 26.0 Å². The summed E-state index contributed by atoms with van der Waals surface area (Å²) < 4.78 is 1.14. The summed E-state index contributed by atoms with van der Waals surface area (Å²) in [6, 6.07) is 15.2. The summed E-state index contributed by atoms with van der Waals surface area (Å²) in [6.45, 7) is 4.27. The smallest absolute Gasteiger partial charge is 0.0314 e. The first-order chi connectivity index (χ1) is 9.60. The minimum absolute atomic E-state index is 0.232. The Labute approximate surface area is 134 Å². The molecule has 0 saturated carbocycles. The van der Waals surface area contributed by atoms with E-state index in [2.05, 4.69) is 66.2 Å². The quantitative estimate of drug-likeness (QED) is 0.803. The second-order valence-electron chi connectivity index (χ2n) is 5.02. The fourth-order valence-electron chi connectivity index (χ4n) is 2.04. The van der Waals surface area contributed by atoms with Crippen molar-refractivity contribution >= 4 is 27.7 Å². The van der Waals surface area contributed by atoms with Gasteiger partial charge in [0.05, 0.1) is 0 Å². The van der Waals surface area contributed by atoms with Crippen LogP contribution in [0.25, 0.3) is 0 Å². The van der Waals surface area contributed by atoms with Gasteiger partial charge >= 0.3 is 0 Å². The molecule has 0 saturated heterocycles. The van der Waals surface area contributed by atoms with Crippen LogP contribution in [-0.4, -0.2) is 6.04 Å². The predicted molar refractivity (Wildman–Crippen MR) is 91.4 cm³/mol. The lowest BCUT2D eigenvalue weighted by molar-refractivity contribution is 0.641. The van der Waals surface area contributed by atoms with Crippen molar-refractivity contribution in [2.45, 2.75) is 42.5 Å². The van der Waals surface area contributed by atoms with Crippen LogP contribution < -0.4 is 5.73 Å². The highest BCUT2D eigenvalue weighted by Crippen LogP contribution is 2.35. The van der Waals surface area contributed by atoms with Crippen LogP contribution in [0.15, 0.2) is 56.7 Å². The molecule has 2 aromatic rings. The highest BCUT2D eigenvalue weighted by molar-refractivity contribution is 9.10. The summed E-state index contributed by atoms with van der Waals surface area (Å²) in [7, 11) is 0. The summed E-state index contributed by atoms with van der Waals surface area (Å²) >= 11 is 5.41. The monoisotopic (exact) mass is 349 g/mol. The molecule has 0 spiro atoms. The first kappa shape index (κ1) is 15.6. The van der Waals surface area contributed by atoms with Crippen LogP contribution in [0, 0.1) is 6.92 Å². The summed E-state index contributed by atoms with van der Waals surface area (Å²) in [4.78, 5) is 2.54. The maximum Gasteiger partial charge on any atom is 0.0314 e. The Kier molecular flexibility index (Phi) is 5.70. The number of hydrogen-bond acceptors (Lipinski definition) is 2. The van der Waals surface area contributed by atoms with Crippen molar-refractivity contribution in [2.75, 3.05) is 0 Å². The highest BCUT2D eigenvalue weighted by atomic mass is 79.9. The van der Waals surface area contributed by atoms with Gasteiger partial charge in [-0.1, -0.05) is 48.5 Å². The molecule has 0 fully saturated rings. The van der Waals surface area contributed by atoms with Crippen LogP contribution in [0.1, 0.15) is 24.5 Å². The maximum absolute atomic E-state index is 6.13. The molecule has 0 aliphatic rings. The fraction of sp³-hybridized carbons (Fsp3) is 0.294. The Morgan fingerprint density at radius 2 is 1.90 bits per heavy atom. The molecule has 2 N–H and O–H groups in total. The molecule has 0 bridgehead atoms. The van der Waals surface area contributed by atoms with Crippen molar-refractivity contribution in [3.8, 4) is 0 Å². The number of rotatable bonds is 5. The molecule has 106 valence electrons. The van der Waals surface area contributed by atoms with Crippen molar-refractivity contribution in [1.82, 2.24) is 0 Å². The van der Waals surface area contributed by atoms with E-state index < -0.39 is 0 Å². The molecule has 2 rings (SSSR count). The van der Waals surface area contributed by atoms with Gasteiger partial charge in [-0.25, -0.2) is 0 Å². The third-order valence-corrected chi connectivity index (χ3v) is 5.43. The van der Waals surface area contributed by atoms with E-state index in [-0.39, 0.29) is 6.04 Å². The van der Waals surface area contributed by atoms with E-state index in [1.807, 2.05) is 6.07 Å². The molecule has 3 heteroatoms. The standard InChI is InChI=1S/C17H20BrNS/c1-3-14(19)11-13-10-12(2)8-9-16(13)20-17-7-5-4-6-15(17)18/h4-10,14H,3,11,19H2,1-2H3. The molecule has 0 heterocycles. The van der Waals surface area contributed by atoms with Gasteiger partial charge in [0.1, 0.15) is 0 Å². The van der Waals surface area contributed by atoms with E-state index in [1.54, 1.807) is 11.8 Å². The molecule has 20 heavy (non-hydrogen) atoms. The van der Waals surface area contributed by atoms with Gasteiger partial charge < -0.3 is 5.73 Å². The minimum Gasteiger partial charge on any atom is -0.327 e. The molecule has 0 aliphatic carbocycles. The predicted octanol–water partition coefficient (Wildman–Crippen LogP) is 5.19. The Bertz CT molecular complexity index is 583. The Morgan fingerprint density at radius 3 is 2.60 bits per heavy atom. The second-order valence-corrected chi connectivity index (χ2v) is 6.95. The Balaban J connectivity index is 2.29. The minimum atomic E-state index is 0.232. The Hall–Kier alpha value is -0.770. The average Bonchev–Trinajstić information content (AvgIpc) is 2.44. The van der Waals surface area contributed by atoms with Gasteiger partial charge in [0.15, 0.2) is 0 Å². The summed E-state index contributed by atoms with van der Waals surface area (Å²) in [6.07, 6.45) is 1.94. The number of halogens is 1. The zero-order valence-electron chi connectivity index (χ0n) is 11.9. The number of benzene rings is 2. The van der Waals surface area contributed by atoms with Crippen molar-refractivity contribution in [3.05, 3.63) is 58.1 Å². The lowest BCUT2D eigenvalue weighted by Crippen LogP contribution is -2.21. The van der Waals surface area contributed by atoms with E-state index in [1.165, 1.54) is 20.9 Å². The van der Waals surface area contributed by atoms with E-state index in [9.17, 15) is 0 Å². The van der Waals surface area contributed by atoms with Gasteiger partial charge in [-0.3, -0.25) is 0 Å². The molecule has 1 unspecified atom stereocenters. The van der Waals surface area contributed by atoms with Gasteiger partial charge in [-0.15, -0.1) is 0 Å². The average molecular weight is 350 g/mol. The van der Waals surface area contributed by atoms with Crippen LogP contribution in [0.2, 0.25) is 0 Å². The maximum atomic E-state index is 6.13. The zero-order chi connectivity index (χ0) is 14.5. The molecule has 1 nitrogen and oxygen atoms in total. The molecule has 1 atom stereocenters. The SMILES string of the molecule is CCC(N)Cc1cc(C)ccc1Sc1ccccc1Br. The Morgan fingerprint density at radius 1 is 1.15 bits per heavy atom. The first-order valence-corrected chi connectivity index (χ1v) is 8.48. The first-order valence-electron chi connectivity index (χ1n) is 6.87. The van der Waals surface area contributed by atoms with Crippen LogP contribution in [-0.2, 0) is 6.42 Å². The van der Waals surface area contributed by atoms with Crippen LogP contribution in [0.5, 0.6) is 0 Å². The van der Waals surface area contributed by atoms with Crippen LogP contribution in [0.3, 0.4) is 0 Å². The van der Waals surface area contributed by atoms with Crippen LogP contribution >= 0.6 is 27.7 Å². The van der Waals surface area contributed by atoms with Crippen molar-refractivity contribution < 1.29 is 0 Å². The summed E-state index contributed by atoms with van der Waals surface area (Å²) in [5.74, 6) is 0. The largest absolute Gasteiger partial charge is 0.327 e. The van der Waals surface area contributed by atoms with Gasteiger partial charge in [0, 0.05) is 20.3 Å². The normalized spacial score (nSPS) is 12.4. The lowest BCUT2D eigenvalue weighted by Gasteiger charge is -2.14. The van der Waals surface area contributed by atoms with Gasteiger partial charge in [-0.2, -0.15) is 0 Å². The molecular formula is C17H20BrNS. The number of aryl methyl sites for hydroxylation is 1. The molecule has 0 radical (unpaired) electrons. The lowest BCUT2D eigenvalue weighted by atomic mass is 10.0. The molecule has 0 amide bonds. The molecular weight excluding hydrogens is 330 g/mol. The second kappa shape index (κ2) is 7.30. The molecule has 2 aromatic carbocycles. The number of nitrogens with two attached hydrogens (primary N) is 1. The van der Waals surface area contributed by atoms with Gasteiger partial charge in [0.25, 0.3) is 0 Å². The van der Waals surface area contributed by atoms with Crippen molar-refractivity contribution in [2.24, 2.45) is 5.73 Å². The van der Waals surface area contributed by atoms with E-state index >= 15 is 0 Å². The summed E-state index contributed by atoms with van der Waals surface area (Å²) in [5.41, 5.74) is 8.77. The number of hydrogen-bond donors (Lipinski definition) is 1. The third-order valence-electron chi connectivity index (χ3n) is 3.28. The van der Waals surface area contributed by atoms with Gasteiger partial charge in [-0.05, 0) is 59.5 Å². The molecule has 0 aromatic heterocycles. The van der Waals surface area contributed by atoms with E-state index in [0.29, 0.717) is 0 Å². The van der Waals surface area contributed by atoms with Gasteiger partial charge in [0.2, 0.25) is 0 Å². The third kappa shape index (κ3) is 4.11. The summed E-state index contributed by atoms with van der Waals surface area (Å²) in [5, 5.41) is 0. The fourth-order valence-corrected chi connectivity index (χ4v) is 3.53. The van der Waals surface area contributed by atoms with E-state index in [4.69, 9.17) is 5.73 Å². The highest BCUT2D eigenvalue weighted by Gasteiger charge is 2.10. The van der Waals surface area contributed by atoms with E-state index in [0.717, 1.165) is 17.3 Å². The molecule has 0 aliphatic heterocycles.